The van der Waals surface area contributed by atoms with Crippen molar-refractivity contribution in [3.05, 3.63) is 57.3 Å². The van der Waals surface area contributed by atoms with Crippen LogP contribution in [-0.4, -0.2) is 0 Å². The van der Waals surface area contributed by atoms with Crippen molar-refractivity contribution in [3.63, 3.8) is 0 Å². The van der Waals surface area contributed by atoms with Gasteiger partial charge in [0.25, 0.3) is 0 Å². The Morgan fingerprint density at radius 2 is 1.43 bits per heavy atom. The molecule has 0 aliphatic carbocycles. The summed E-state index contributed by atoms with van der Waals surface area (Å²) < 4.78 is 70.9. The Bertz CT molecular complexity index is 658. The Morgan fingerprint density at radius 1 is 0.905 bits per heavy atom. The van der Waals surface area contributed by atoms with E-state index in [2.05, 4.69) is 15.9 Å². The normalized spacial score (nSPS) is 10.8. The van der Waals surface area contributed by atoms with Crippen LogP contribution in [0.5, 0.6) is 5.75 Å². The summed E-state index contributed by atoms with van der Waals surface area (Å²) in [4.78, 5) is 0. The molecule has 0 unspecified atom stereocenters. The van der Waals surface area contributed by atoms with E-state index in [4.69, 9.17) is 10.5 Å². The molecule has 0 heterocycles. The van der Waals surface area contributed by atoms with Crippen molar-refractivity contribution in [1.82, 2.24) is 0 Å². The Labute approximate surface area is 124 Å². The maximum atomic E-state index is 13.4. The summed E-state index contributed by atoms with van der Waals surface area (Å²) in [5.41, 5.74) is 6.20. The number of hydrogen-bond acceptors (Lipinski definition) is 2. The van der Waals surface area contributed by atoms with Crippen molar-refractivity contribution in [2.45, 2.75) is 6.61 Å². The summed E-state index contributed by atoms with van der Waals surface area (Å²) in [7, 11) is 0. The van der Waals surface area contributed by atoms with E-state index in [0.717, 1.165) is 0 Å². The minimum Gasteiger partial charge on any atom is -0.483 e. The van der Waals surface area contributed by atoms with Crippen molar-refractivity contribution in [3.8, 4) is 5.75 Å². The topological polar surface area (TPSA) is 35.2 Å². The molecule has 8 heteroatoms. The fourth-order valence-electron chi connectivity index (χ4n) is 1.58. The quantitative estimate of drug-likeness (QED) is 0.379. The van der Waals surface area contributed by atoms with E-state index in [1.807, 2.05) is 0 Å². The lowest BCUT2D eigenvalue weighted by Gasteiger charge is -2.12. The number of anilines is 1. The van der Waals surface area contributed by atoms with Crippen molar-refractivity contribution in [2.24, 2.45) is 0 Å². The van der Waals surface area contributed by atoms with Gasteiger partial charge in [0.1, 0.15) is 6.61 Å². The lowest BCUT2D eigenvalue weighted by atomic mass is 10.2. The smallest absolute Gasteiger partial charge is 0.207 e. The van der Waals surface area contributed by atoms with Crippen LogP contribution in [0.25, 0.3) is 0 Å². The summed E-state index contributed by atoms with van der Waals surface area (Å²) in [6, 6.07) is 4.71. The molecule has 2 aromatic rings. The van der Waals surface area contributed by atoms with Gasteiger partial charge in [-0.3, -0.25) is 0 Å². The van der Waals surface area contributed by atoms with Crippen LogP contribution < -0.4 is 10.5 Å². The van der Waals surface area contributed by atoms with Crippen molar-refractivity contribution < 1.29 is 26.7 Å². The van der Waals surface area contributed by atoms with E-state index in [9.17, 15) is 22.0 Å². The van der Waals surface area contributed by atoms with Gasteiger partial charge in [0.15, 0.2) is 5.75 Å². The van der Waals surface area contributed by atoms with Gasteiger partial charge in [0, 0.05) is 15.7 Å². The summed E-state index contributed by atoms with van der Waals surface area (Å²) >= 11 is 3.14. The van der Waals surface area contributed by atoms with Crippen LogP contribution in [0.3, 0.4) is 0 Å². The summed E-state index contributed by atoms with van der Waals surface area (Å²) in [5.74, 6) is -11.8. The second-order valence-electron chi connectivity index (χ2n) is 4.00. The number of nitrogens with two attached hydrogens (primary N) is 1. The molecule has 0 saturated carbocycles. The molecule has 0 bridgehead atoms. The summed E-state index contributed by atoms with van der Waals surface area (Å²) in [5, 5.41) is 0. The van der Waals surface area contributed by atoms with Crippen LogP contribution >= 0.6 is 15.9 Å². The van der Waals surface area contributed by atoms with Gasteiger partial charge in [-0.2, -0.15) is 8.78 Å². The van der Waals surface area contributed by atoms with Gasteiger partial charge in [0.05, 0.1) is 0 Å². The molecule has 0 aromatic heterocycles. The second-order valence-corrected chi connectivity index (χ2v) is 4.85. The van der Waals surface area contributed by atoms with Gasteiger partial charge >= 0.3 is 0 Å². The predicted molar refractivity (Wildman–Crippen MR) is 69.1 cm³/mol. The van der Waals surface area contributed by atoms with Crippen molar-refractivity contribution >= 4 is 21.6 Å². The Hall–Kier alpha value is -1.83. The highest BCUT2D eigenvalue weighted by atomic mass is 79.9. The number of benzene rings is 2. The molecule has 2 rings (SSSR count). The van der Waals surface area contributed by atoms with Gasteiger partial charge in [-0.05, 0) is 12.1 Å². The van der Waals surface area contributed by atoms with E-state index in [0.29, 0.717) is 10.0 Å². The zero-order valence-corrected chi connectivity index (χ0v) is 11.8. The van der Waals surface area contributed by atoms with E-state index >= 15 is 0 Å². The third-order valence-electron chi connectivity index (χ3n) is 2.69. The fourth-order valence-corrected chi connectivity index (χ4v) is 2.08. The summed E-state index contributed by atoms with van der Waals surface area (Å²) in [6.45, 7) is -0.467. The number of halogens is 6. The predicted octanol–water partition coefficient (Wildman–Crippen LogP) is 4.31. The molecule has 2 nitrogen and oxygen atoms in total. The van der Waals surface area contributed by atoms with E-state index < -0.39 is 41.4 Å². The van der Waals surface area contributed by atoms with E-state index in [1.165, 1.54) is 6.07 Å². The minimum atomic E-state index is -2.24. The molecule has 0 amide bonds. The molecule has 0 spiro atoms. The Balaban J connectivity index is 2.37. The molecule has 112 valence electrons. The molecule has 2 aromatic carbocycles. The van der Waals surface area contributed by atoms with Crippen LogP contribution in [0.2, 0.25) is 0 Å². The minimum absolute atomic E-state index is 0.244. The zero-order valence-electron chi connectivity index (χ0n) is 10.2. The van der Waals surface area contributed by atoms with Gasteiger partial charge in [-0.25, -0.2) is 13.2 Å². The lowest BCUT2D eigenvalue weighted by molar-refractivity contribution is 0.253. The molecular weight excluding hydrogens is 361 g/mol. The average Bonchev–Trinajstić information content (AvgIpc) is 2.45. The number of ether oxygens (including phenoxy) is 1. The van der Waals surface area contributed by atoms with Gasteiger partial charge in [0.2, 0.25) is 29.1 Å². The van der Waals surface area contributed by atoms with E-state index in [1.54, 1.807) is 12.1 Å². The highest BCUT2D eigenvalue weighted by Crippen LogP contribution is 2.31. The maximum Gasteiger partial charge on any atom is 0.207 e. The third-order valence-corrected chi connectivity index (χ3v) is 3.43. The van der Waals surface area contributed by atoms with E-state index in [-0.39, 0.29) is 5.69 Å². The van der Waals surface area contributed by atoms with Gasteiger partial charge in [-0.15, -0.1) is 0 Å². The average molecular weight is 368 g/mol. The molecule has 0 aliphatic rings. The molecule has 2 N–H and O–H groups in total. The Kier molecular flexibility index (Phi) is 4.36. The fraction of sp³-hybridized carbons (Fsp3) is 0.0769. The molecule has 0 radical (unpaired) electrons. The largest absolute Gasteiger partial charge is 0.483 e. The first kappa shape index (κ1) is 15.6. The van der Waals surface area contributed by atoms with Gasteiger partial charge in [-0.1, -0.05) is 22.0 Å². The first-order valence-electron chi connectivity index (χ1n) is 5.51. The zero-order chi connectivity index (χ0) is 15.7. The van der Waals surface area contributed by atoms with Crippen LogP contribution in [-0.2, 0) is 6.61 Å². The van der Waals surface area contributed by atoms with Gasteiger partial charge < -0.3 is 10.5 Å². The first-order valence-corrected chi connectivity index (χ1v) is 6.31. The molecule has 0 aliphatic heterocycles. The number of rotatable bonds is 3. The maximum absolute atomic E-state index is 13.4. The van der Waals surface area contributed by atoms with Crippen molar-refractivity contribution in [1.29, 1.82) is 0 Å². The third kappa shape index (κ3) is 2.80. The van der Waals surface area contributed by atoms with Crippen LogP contribution in [0.4, 0.5) is 27.6 Å². The summed E-state index contributed by atoms with van der Waals surface area (Å²) in [6.07, 6.45) is 0. The second kappa shape index (κ2) is 5.88. The highest BCUT2D eigenvalue weighted by molar-refractivity contribution is 9.10. The van der Waals surface area contributed by atoms with Crippen molar-refractivity contribution in [2.75, 3.05) is 5.73 Å². The highest BCUT2D eigenvalue weighted by Gasteiger charge is 2.27. The van der Waals surface area contributed by atoms with Crippen LogP contribution in [0.15, 0.2) is 22.7 Å². The Morgan fingerprint density at radius 3 is 1.95 bits per heavy atom. The standard InChI is InChI=1S/C13H7BrF5NO/c14-6-2-1-3-7(20)5(6)4-21-13-11(18)9(16)8(15)10(17)12(13)19/h1-3H,4,20H2. The van der Waals surface area contributed by atoms with Crippen LogP contribution in [0.1, 0.15) is 5.56 Å². The molecule has 21 heavy (non-hydrogen) atoms. The molecule has 0 saturated heterocycles. The monoisotopic (exact) mass is 367 g/mol. The number of nitrogen functional groups attached to an aromatic ring is 1. The number of hydrogen-bond donors (Lipinski definition) is 1. The molecule has 0 fully saturated rings. The molecule has 0 atom stereocenters. The first-order chi connectivity index (χ1) is 9.84. The molecular formula is C13H7BrF5NO. The SMILES string of the molecule is Nc1cccc(Br)c1COc1c(F)c(F)c(F)c(F)c1F. The lowest BCUT2D eigenvalue weighted by Crippen LogP contribution is -2.08. The van der Waals surface area contributed by atoms with Crippen LogP contribution in [0, 0.1) is 29.1 Å².